The second-order valence-corrected chi connectivity index (χ2v) is 5.98. The summed E-state index contributed by atoms with van der Waals surface area (Å²) >= 11 is 0. The number of hydrogen-bond acceptors (Lipinski definition) is 4. The minimum absolute atomic E-state index is 0.0136. The van der Waals surface area contributed by atoms with E-state index in [-0.39, 0.29) is 12.6 Å². The van der Waals surface area contributed by atoms with Crippen molar-refractivity contribution in [1.29, 1.82) is 0 Å². The Labute approximate surface area is 140 Å². The average Bonchev–Trinajstić information content (AvgIpc) is 2.65. The summed E-state index contributed by atoms with van der Waals surface area (Å²) in [5.74, 6) is -1.47. The third-order valence-corrected chi connectivity index (χ3v) is 4.25. The molecule has 1 saturated carbocycles. The standard InChI is InChI=1S/C18H21N3O3/c22-17(18(23)21-24-14-7-2-1-3-8-14)20-12-13-6-4-10-16-15(13)9-5-11-19-16/h4-6,9-11,14H,1-3,7-8,12H2,(H,20,22)(H,21,23). The zero-order chi connectivity index (χ0) is 16.8. The van der Waals surface area contributed by atoms with Gasteiger partial charge < -0.3 is 5.32 Å². The molecule has 0 atom stereocenters. The number of benzene rings is 1. The third-order valence-electron chi connectivity index (χ3n) is 4.25. The molecule has 2 amide bonds. The van der Waals surface area contributed by atoms with Crippen LogP contribution in [0.4, 0.5) is 0 Å². The predicted molar refractivity (Wildman–Crippen MR) is 89.7 cm³/mol. The highest BCUT2D eigenvalue weighted by molar-refractivity contribution is 6.34. The molecule has 0 spiro atoms. The van der Waals surface area contributed by atoms with Crippen LogP contribution in [-0.4, -0.2) is 22.9 Å². The number of amides is 2. The normalized spacial score (nSPS) is 15.2. The summed E-state index contributed by atoms with van der Waals surface area (Å²) in [6.07, 6.45) is 6.98. The maximum Gasteiger partial charge on any atom is 0.332 e. The molecule has 0 unspecified atom stereocenters. The largest absolute Gasteiger partial charge is 0.344 e. The Morgan fingerprint density at radius 2 is 1.92 bits per heavy atom. The zero-order valence-electron chi connectivity index (χ0n) is 13.5. The van der Waals surface area contributed by atoms with Crippen LogP contribution in [0, 0.1) is 0 Å². The summed E-state index contributed by atoms with van der Waals surface area (Å²) in [6.45, 7) is 0.263. The van der Waals surface area contributed by atoms with Crippen molar-refractivity contribution in [3.8, 4) is 0 Å². The number of carbonyl (C=O) groups excluding carboxylic acids is 2. The molecule has 1 heterocycles. The summed E-state index contributed by atoms with van der Waals surface area (Å²) < 4.78 is 0. The lowest BCUT2D eigenvalue weighted by molar-refractivity contribution is -0.151. The number of hydroxylamine groups is 1. The smallest absolute Gasteiger partial charge is 0.332 e. The third kappa shape index (κ3) is 4.08. The van der Waals surface area contributed by atoms with E-state index in [4.69, 9.17) is 4.84 Å². The maximum atomic E-state index is 11.9. The van der Waals surface area contributed by atoms with E-state index < -0.39 is 11.8 Å². The predicted octanol–water partition coefficient (Wildman–Crippen LogP) is 2.23. The molecule has 1 aromatic carbocycles. The van der Waals surface area contributed by atoms with Gasteiger partial charge in [0.25, 0.3) is 0 Å². The van der Waals surface area contributed by atoms with Gasteiger partial charge in [-0.25, -0.2) is 5.48 Å². The number of aromatic nitrogens is 1. The second kappa shape index (κ2) is 7.88. The number of pyridine rings is 1. The Balaban J connectivity index is 1.51. The van der Waals surface area contributed by atoms with Crippen LogP contribution in [0.15, 0.2) is 36.5 Å². The van der Waals surface area contributed by atoms with Crippen LogP contribution in [0.1, 0.15) is 37.7 Å². The SMILES string of the molecule is O=C(NCc1cccc2ncccc12)C(=O)NOC1CCCCC1. The monoisotopic (exact) mass is 327 g/mol. The van der Waals surface area contributed by atoms with Gasteiger partial charge in [-0.15, -0.1) is 0 Å². The molecule has 1 aliphatic carbocycles. The fourth-order valence-corrected chi connectivity index (χ4v) is 2.94. The van der Waals surface area contributed by atoms with E-state index in [0.717, 1.165) is 42.1 Å². The molecule has 6 heteroatoms. The summed E-state index contributed by atoms with van der Waals surface area (Å²) in [4.78, 5) is 33.3. The van der Waals surface area contributed by atoms with Crippen molar-refractivity contribution in [3.63, 3.8) is 0 Å². The molecule has 0 radical (unpaired) electrons. The van der Waals surface area contributed by atoms with Crippen LogP contribution in [0.2, 0.25) is 0 Å². The molecular weight excluding hydrogens is 306 g/mol. The molecule has 1 aliphatic rings. The van der Waals surface area contributed by atoms with Gasteiger partial charge in [0, 0.05) is 18.1 Å². The Kier molecular flexibility index (Phi) is 5.38. The van der Waals surface area contributed by atoms with Crippen LogP contribution in [0.5, 0.6) is 0 Å². The quantitative estimate of drug-likeness (QED) is 0.666. The first-order chi connectivity index (χ1) is 11.7. The highest BCUT2D eigenvalue weighted by Gasteiger charge is 2.18. The Morgan fingerprint density at radius 3 is 2.75 bits per heavy atom. The van der Waals surface area contributed by atoms with Crippen molar-refractivity contribution in [2.45, 2.75) is 44.8 Å². The van der Waals surface area contributed by atoms with E-state index in [1.807, 2.05) is 30.3 Å². The number of hydrogen-bond donors (Lipinski definition) is 2. The summed E-state index contributed by atoms with van der Waals surface area (Å²) in [5.41, 5.74) is 4.03. The molecule has 0 saturated heterocycles. The van der Waals surface area contributed by atoms with Gasteiger partial charge in [-0.3, -0.25) is 19.4 Å². The number of carbonyl (C=O) groups is 2. The van der Waals surface area contributed by atoms with Gasteiger partial charge in [0.1, 0.15) is 0 Å². The van der Waals surface area contributed by atoms with Crippen molar-refractivity contribution < 1.29 is 14.4 Å². The van der Waals surface area contributed by atoms with Crippen LogP contribution >= 0.6 is 0 Å². The fraction of sp³-hybridized carbons (Fsp3) is 0.389. The lowest BCUT2D eigenvalue weighted by atomic mass is 9.98. The Bertz CT molecular complexity index is 721. The van der Waals surface area contributed by atoms with E-state index in [0.29, 0.717) is 0 Å². The lowest BCUT2D eigenvalue weighted by Gasteiger charge is -2.21. The Hall–Kier alpha value is -2.47. The van der Waals surface area contributed by atoms with Crippen LogP contribution in [0.3, 0.4) is 0 Å². The van der Waals surface area contributed by atoms with E-state index >= 15 is 0 Å². The van der Waals surface area contributed by atoms with Crippen LogP contribution < -0.4 is 10.8 Å². The zero-order valence-corrected chi connectivity index (χ0v) is 13.5. The molecule has 2 N–H and O–H groups in total. The van der Waals surface area contributed by atoms with Crippen molar-refractivity contribution in [2.24, 2.45) is 0 Å². The molecule has 24 heavy (non-hydrogen) atoms. The molecular formula is C18H21N3O3. The number of nitrogens with zero attached hydrogens (tertiary/aromatic N) is 1. The van der Waals surface area contributed by atoms with E-state index in [1.54, 1.807) is 6.20 Å². The topological polar surface area (TPSA) is 80.3 Å². The van der Waals surface area contributed by atoms with Gasteiger partial charge in [-0.1, -0.05) is 37.5 Å². The first-order valence-corrected chi connectivity index (χ1v) is 8.30. The molecule has 1 aromatic heterocycles. The fourth-order valence-electron chi connectivity index (χ4n) is 2.94. The van der Waals surface area contributed by atoms with Gasteiger partial charge in [0.05, 0.1) is 11.6 Å². The van der Waals surface area contributed by atoms with Crippen molar-refractivity contribution >= 4 is 22.7 Å². The summed E-state index contributed by atoms with van der Waals surface area (Å²) in [6, 6.07) is 9.48. The first-order valence-electron chi connectivity index (χ1n) is 8.30. The van der Waals surface area contributed by atoms with Gasteiger partial charge in [-0.2, -0.15) is 0 Å². The number of rotatable bonds is 4. The van der Waals surface area contributed by atoms with Crippen molar-refractivity contribution in [2.75, 3.05) is 0 Å². The minimum atomic E-state index is -0.765. The highest BCUT2D eigenvalue weighted by atomic mass is 16.7. The van der Waals surface area contributed by atoms with E-state index in [2.05, 4.69) is 15.8 Å². The lowest BCUT2D eigenvalue weighted by Crippen LogP contribution is -2.41. The molecule has 2 aromatic rings. The summed E-state index contributed by atoms with van der Waals surface area (Å²) in [7, 11) is 0. The molecule has 126 valence electrons. The minimum Gasteiger partial charge on any atom is -0.344 e. The number of fused-ring (bicyclic) bond motifs is 1. The van der Waals surface area contributed by atoms with E-state index in [1.165, 1.54) is 6.42 Å². The van der Waals surface area contributed by atoms with Crippen molar-refractivity contribution in [1.82, 2.24) is 15.8 Å². The Morgan fingerprint density at radius 1 is 1.08 bits per heavy atom. The highest BCUT2D eigenvalue weighted by Crippen LogP contribution is 2.19. The van der Waals surface area contributed by atoms with Gasteiger partial charge in [0.15, 0.2) is 0 Å². The van der Waals surface area contributed by atoms with Gasteiger partial charge in [0.2, 0.25) is 0 Å². The average molecular weight is 327 g/mol. The second-order valence-electron chi connectivity index (χ2n) is 5.98. The van der Waals surface area contributed by atoms with Crippen LogP contribution in [-0.2, 0) is 21.0 Å². The van der Waals surface area contributed by atoms with E-state index in [9.17, 15) is 9.59 Å². The van der Waals surface area contributed by atoms with Crippen LogP contribution in [0.25, 0.3) is 10.9 Å². The molecule has 0 aliphatic heterocycles. The van der Waals surface area contributed by atoms with Gasteiger partial charge >= 0.3 is 11.8 Å². The van der Waals surface area contributed by atoms with Gasteiger partial charge in [-0.05, 0) is 30.5 Å². The maximum absolute atomic E-state index is 11.9. The molecule has 0 bridgehead atoms. The van der Waals surface area contributed by atoms with Crippen molar-refractivity contribution in [3.05, 3.63) is 42.1 Å². The summed E-state index contributed by atoms with van der Waals surface area (Å²) in [5, 5.41) is 3.58. The molecule has 3 rings (SSSR count). The molecule has 1 fully saturated rings. The number of nitrogens with one attached hydrogen (secondary N) is 2. The first kappa shape index (κ1) is 16.4. The molecule has 6 nitrogen and oxygen atoms in total.